The summed E-state index contributed by atoms with van der Waals surface area (Å²) in [5.74, 6) is 5.61. The molecule has 0 heterocycles. The molecule has 18 heavy (non-hydrogen) atoms. The third kappa shape index (κ3) is 2.94. The first-order chi connectivity index (χ1) is 8.70. The van der Waals surface area contributed by atoms with E-state index in [1.54, 1.807) is 6.07 Å². The molecule has 0 aliphatic heterocycles. The van der Waals surface area contributed by atoms with Gasteiger partial charge in [-0.1, -0.05) is 18.2 Å². The second kappa shape index (κ2) is 5.75. The van der Waals surface area contributed by atoms with Crippen molar-refractivity contribution in [2.24, 2.45) is 10.8 Å². The van der Waals surface area contributed by atoms with Crippen molar-refractivity contribution in [2.45, 2.75) is 0 Å². The van der Waals surface area contributed by atoms with Crippen molar-refractivity contribution in [3.8, 4) is 0 Å². The normalized spacial score (nSPS) is 11.4. The van der Waals surface area contributed by atoms with Gasteiger partial charge < -0.3 is 5.43 Å². The van der Waals surface area contributed by atoms with Crippen LogP contribution in [-0.2, 0) is 0 Å². The SMILES string of the molecule is NNC(=Nc1ccccc1)c1ccc(F)cc1Br. The summed E-state index contributed by atoms with van der Waals surface area (Å²) in [5, 5.41) is 0. The summed E-state index contributed by atoms with van der Waals surface area (Å²) in [6, 6.07) is 13.7. The van der Waals surface area contributed by atoms with Crippen molar-refractivity contribution in [3.63, 3.8) is 0 Å². The maximum atomic E-state index is 13.0. The Hall–Kier alpha value is -1.72. The molecular formula is C13H11BrFN3. The third-order valence-electron chi connectivity index (χ3n) is 2.32. The molecule has 5 heteroatoms. The smallest absolute Gasteiger partial charge is 0.149 e. The fraction of sp³-hybridized carbons (Fsp3) is 0. The van der Waals surface area contributed by atoms with Crippen molar-refractivity contribution in [3.05, 3.63) is 64.4 Å². The lowest BCUT2D eigenvalue weighted by Gasteiger charge is -2.08. The number of para-hydroxylation sites is 1. The van der Waals surface area contributed by atoms with Crippen molar-refractivity contribution in [2.75, 3.05) is 0 Å². The summed E-state index contributed by atoms with van der Waals surface area (Å²) in [5.41, 5.74) is 3.99. The zero-order chi connectivity index (χ0) is 13.0. The maximum Gasteiger partial charge on any atom is 0.149 e. The van der Waals surface area contributed by atoms with E-state index < -0.39 is 0 Å². The van der Waals surface area contributed by atoms with E-state index in [0.717, 1.165) is 5.69 Å². The molecule has 2 aromatic rings. The second-order valence-electron chi connectivity index (χ2n) is 3.56. The molecule has 0 spiro atoms. The summed E-state index contributed by atoms with van der Waals surface area (Å²) < 4.78 is 13.6. The molecule has 0 unspecified atom stereocenters. The maximum absolute atomic E-state index is 13.0. The minimum absolute atomic E-state index is 0.318. The van der Waals surface area contributed by atoms with Crippen LogP contribution in [0.3, 0.4) is 0 Å². The number of benzene rings is 2. The van der Waals surface area contributed by atoms with E-state index in [1.165, 1.54) is 12.1 Å². The highest BCUT2D eigenvalue weighted by atomic mass is 79.9. The highest BCUT2D eigenvalue weighted by Crippen LogP contribution is 2.20. The number of amidine groups is 1. The van der Waals surface area contributed by atoms with Crippen LogP contribution in [0.2, 0.25) is 0 Å². The average Bonchev–Trinajstić information content (AvgIpc) is 2.38. The van der Waals surface area contributed by atoms with Gasteiger partial charge >= 0.3 is 0 Å². The summed E-state index contributed by atoms with van der Waals surface area (Å²) in [4.78, 5) is 4.37. The fourth-order valence-corrected chi connectivity index (χ4v) is 2.02. The monoisotopic (exact) mass is 307 g/mol. The molecule has 0 fully saturated rings. The van der Waals surface area contributed by atoms with Crippen molar-refractivity contribution < 1.29 is 4.39 Å². The van der Waals surface area contributed by atoms with E-state index in [-0.39, 0.29) is 5.82 Å². The van der Waals surface area contributed by atoms with E-state index in [0.29, 0.717) is 15.9 Å². The van der Waals surface area contributed by atoms with Crippen LogP contribution in [0.15, 0.2) is 58.0 Å². The number of aliphatic imine (C=N–C) groups is 1. The lowest BCUT2D eigenvalue weighted by Crippen LogP contribution is -2.31. The van der Waals surface area contributed by atoms with Crippen LogP contribution in [0.25, 0.3) is 0 Å². The van der Waals surface area contributed by atoms with Gasteiger partial charge in [-0.15, -0.1) is 0 Å². The first kappa shape index (κ1) is 12.7. The van der Waals surface area contributed by atoms with Gasteiger partial charge in [0.25, 0.3) is 0 Å². The number of nitrogens with two attached hydrogens (primary N) is 1. The zero-order valence-electron chi connectivity index (χ0n) is 9.40. The van der Waals surface area contributed by atoms with Gasteiger partial charge in [-0.3, -0.25) is 0 Å². The average molecular weight is 308 g/mol. The molecule has 0 atom stereocenters. The van der Waals surface area contributed by atoms with Crippen molar-refractivity contribution >= 4 is 27.5 Å². The minimum Gasteiger partial charge on any atom is -0.308 e. The van der Waals surface area contributed by atoms with Gasteiger partial charge in [0.15, 0.2) is 0 Å². The Labute approximate surface area is 113 Å². The Morgan fingerprint density at radius 2 is 1.89 bits per heavy atom. The molecule has 0 saturated heterocycles. The van der Waals surface area contributed by atoms with Gasteiger partial charge in [-0.2, -0.15) is 0 Å². The molecule has 0 radical (unpaired) electrons. The lowest BCUT2D eigenvalue weighted by atomic mass is 10.2. The van der Waals surface area contributed by atoms with Crippen LogP contribution in [0.1, 0.15) is 5.56 Å². The summed E-state index contributed by atoms with van der Waals surface area (Å²) in [6.07, 6.45) is 0. The predicted molar refractivity (Wildman–Crippen MR) is 74.1 cm³/mol. The Balaban J connectivity index is 2.42. The highest BCUT2D eigenvalue weighted by molar-refractivity contribution is 9.10. The summed E-state index contributed by atoms with van der Waals surface area (Å²) >= 11 is 3.29. The molecule has 92 valence electrons. The van der Waals surface area contributed by atoms with Crippen molar-refractivity contribution in [1.82, 2.24) is 5.43 Å². The van der Waals surface area contributed by atoms with E-state index in [4.69, 9.17) is 5.84 Å². The number of hydrogen-bond donors (Lipinski definition) is 2. The molecule has 3 N–H and O–H groups in total. The Bertz CT molecular complexity index is 570. The van der Waals surface area contributed by atoms with Crippen LogP contribution < -0.4 is 11.3 Å². The Kier molecular flexibility index (Phi) is 4.07. The summed E-state index contributed by atoms with van der Waals surface area (Å²) in [7, 11) is 0. The molecule has 2 rings (SSSR count). The number of nitrogens with zero attached hydrogens (tertiary/aromatic N) is 1. The first-order valence-corrected chi connectivity index (χ1v) is 6.06. The van der Waals surface area contributed by atoms with Crippen LogP contribution in [0.4, 0.5) is 10.1 Å². The fourth-order valence-electron chi connectivity index (χ4n) is 1.48. The number of hydrazine groups is 1. The van der Waals surface area contributed by atoms with Crippen molar-refractivity contribution in [1.29, 1.82) is 0 Å². The molecule has 0 aliphatic carbocycles. The molecule has 0 bridgehead atoms. The molecule has 0 saturated carbocycles. The molecule has 0 aromatic heterocycles. The molecular weight excluding hydrogens is 297 g/mol. The van der Waals surface area contributed by atoms with E-state index in [9.17, 15) is 4.39 Å². The van der Waals surface area contributed by atoms with E-state index in [2.05, 4.69) is 26.3 Å². The van der Waals surface area contributed by atoms with Crippen LogP contribution in [-0.4, -0.2) is 5.84 Å². The van der Waals surface area contributed by atoms with Crippen LogP contribution in [0, 0.1) is 5.82 Å². The highest BCUT2D eigenvalue weighted by Gasteiger charge is 2.07. The first-order valence-electron chi connectivity index (χ1n) is 5.26. The minimum atomic E-state index is -0.318. The second-order valence-corrected chi connectivity index (χ2v) is 4.42. The Morgan fingerprint density at radius 3 is 2.50 bits per heavy atom. The largest absolute Gasteiger partial charge is 0.308 e. The van der Waals surface area contributed by atoms with Crippen LogP contribution in [0.5, 0.6) is 0 Å². The molecule has 2 aromatic carbocycles. The van der Waals surface area contributed by atoms with Gasteiger partial charge in [0.1, 0.15) is 11.7 Å². The topological polar surface area (TPSA) is 50.4 Å². The van der Waals surface area contributed by atoms with E-state index in [1.807, 2.05) is 30.3 Å². The standard InChI is InChI=1S/C13H11BrFN3/c14-12-8-9(15)6-7-11(12)13(18-16)17-10-4-2-1-3-5-10/h1-8H,16H2,(H,17,18). The van der Waals surface area contributed by atoms with E-state index >= 15 is 0 Å². The third-order valence-corrected chi connectivity index (χ3v) is 2.98. The van der Waals surface area contributed by atoms with Gasteiger partial charge in [0, 0.05) is 10.0 Å². The van der Waals surface area contributed by atoms with Crippen LogP contribution >= 0.6 is 15.9 Å². The van der Waals surface area contributed by atoms with Gasteiger partial charge in [0.05, 0.1) is 5.69 Å². The predicted octanol–water partition coefficient (Wildman–Crippen LogP) is 3.13. The zero-order valence-corrected chi connectivity index (χ0v) is 11.0. The lowest BCUT2D eigenvalue weighted by molar-refractivity contribution is 0.627. The van der Waals surface area contributed by atoms with Gasteiger partial charge in [-0.25, -0.2) is 15.2 Å². The molecule has 0 aliphatic rings. The number of rotatable bonds is 2. The van der Waals surface area contributed by atoms with Gasteiger partial charge in [0.2, 0.25) is 0 Å². The molecule has 0 amide bonds. The number of halogens is 2. The van der Waals surface area contributed by atoms with Gasteiger partial charge in [-0.05, 0) is 46.3 Å². The molecule has 3 nitrogen and oxygen atoms in total. The summed E-state index contributed by atoms with van der Waals surface area (Å²) in [6.45, 7) is 0. The number of nitrogens with one attached hydrogen (secondary N) is 1. The number of hydrogen-bond acceptors (Lipinski definition) is 2. The quantitative estimate of drug-likeness (QED) is 0.387. The Morgan fingerprint density at radius 1 is 1.17 bits per heavy atom.